The fourth-order valence-corrected chi connectivity index (χ4v) is 5.60. The van der Waals surface area contributed by atoms with Gasteiger partial charge in [-0.25, -0.2) is 0 Å². The van der Waals surface area contributed by atoms with E-state index in [4.69, 9.17) is 42.6 Å². The molecule has 0 saturated carbocycles. The van der Waals surface area contributed by atoms with Gasteiger partial charge in [0.25, 0.3) is 0 Å². The summed E-state index contributed by atoms with van der Waals surface area (Å²) >= 11 is 0. The minimum Gasteiger partial charge on any atom is -0.394 e. The highest BCUT2D eigenvalue weighted by Gasteiger charge is 2.50. The highest BCUT2D eigenvalue weighted by molar-refractivity contribution is 4.93. The van der Waals surface area contributed by atoms with Crippen molar-refractivity contribution < 1.29 is 104 Å². The van der Waals surface area contributed by atoms with Gasteiger partial charge in [-0.05, 0) is 0 Å². The van der Waals surface area contributed by atoms with Gasteiger partial charge in [-0.2, -0.15) is 0 Å². The smallest absolute Gasteiger partial charge is 0.186 e. The molecule has 0 bridgehead atoms. The van der Waals surface area contributed by atoms with Crippen molar-refractivity contribution in [2.45, 2.75) is 123 Å². The van der Waals surface area contributed by atoms with Gasteiger partial charge in [0.05, 0.1) is 33.0 Å². The topological polar surface area (TPSA) is 326 Å². The van der Waals surface area contributed by atoms with Crippen LogP contribution < -0.4 is 0 Å². The molecule has 5 rings (SSSR count). The first-order chi connectivity index (χ1) is 21.8. The highest BCUT2D eigenvalue weighted by Crippen LogP contribution is 2.30. The molecule has 5 saturated heterocycles. The molecular formula is C25H42O21. The Morgan fingerprint density at radius 2 is 0.587 bits per heavy atom. The number of hydrogen-bond donors (Lipinski definition) is 12. The number of ether oxygens (including phenoxy) is 9. The van der Waals surface area contributed by atoms with E-state index in [1.807, 2.05) is 0 Å². The Morgan fingerprint density at radius 3 is 0.848 bits per heavy atom. The lowest BCUT2D eigenvalue weighted by Gasteiger charge is -2.21. The minimum atomic E-state index is -1.63. The molecule has 0 aliphatic carbocycles. The predicted molar refractivity (Wildman–Crippen MR) is 136 cm³/mol. The van der Waals surface area contributed by atoms with Gasteiger partial charge in [0.15, 0.2) is 31.5 Å². The van der Waals surface area contributed by atoms with Crippen LogP contribution in [0.1, 0.15) is 0 Å². The monoisotopic (exact) mass is 678 g/mol. The van der Waals surface area contributed by atoms with E-state index in [0.29, 0.717) is 0 Å². The molecule has 5 aliphatic heterocycles. The molecule has 0 spiro atoms. The fraction of sp³-hybridized carbons (Fsp3) is 1.00. The van der Waals surface area contributed by atoms with E-state index in [1.54, 1.807) is 0 Å². The number of aliphatic hydroxyl groups is 12. The van der Waals surface area contributed by atoms with Gasteiger partial charge in [0, 0.05) is 0 Å². The summed E-state index contributed by atoms with van der Waals surface area (Å²) in [6.07, 6.45) is -28.2. The summed E-state index contributed by atoms with van der Waals surface area (Å²) in [5.74, 6) is 0. The molecule has 5 aliphatic rings. The second-order valence-electron chi connectivity index (χ2n) is 11.7. The van der Waals surface area contributed by atoms with Crippen LogP contribution in [0.3, 0.4) is 0 Å². The van der Waals surface area contributed by atoms with Crippen molar-refractivity contribution in [1.29, 1.82) is 0 Å². The Morgan fingerprint density at radius 1 is 0.326 bits per heavy atom. The third kappa shape index (κ3) is 7.50. The summed E-state index contributed by atoms with van der Waals surface area (Å²) in [4.78, 5) is 0. The first-order valence-corrected chi connectivity index (χ1v) is 14.7. The summed E-state index contributed by atoms with van der Waals surface area (Å²) in [7, 11) is 0. The molecule has 5 fully saturated rings. The SMILES string of the molecule is OC[C@H]1O[C@H](OC[C@H]2O[C@H](OC[C@H]3O[C@H](OC[C@H]4O[C@H](OC[C@H]5O[C@H](O)[C@@H](O)[C@@H]5O)[C@@H](O)[C@@H]4O)[C@@H](O)[C@@H]3O)[C@@H](O)[C@@H]2O)[C@@H](O)[C@@H]1O. The molecule has 0 aromatic heterocycles. The van der Waals surface area contributed by atoms with E-state index in [2.05, 4.69) is 0 Å². The quantitative estimate of drug-likeness (QED) is 0.0860. The normalized spacial score (nSPS) is 52.7. The van der Waals surface area contributed by atoms with E-state index in [-0.39, 0.29) is 0 Å². The maximum atomic E-state index is 10.4. The number of rotatable bonds is 13. The molecule has 21 nitrogen and oxygen atoms in total. The maximum Gasteiger partial charge on any atom is 0.186 e. The van der Waals surface area contributed by atoms with Gasteiger partial charge in [0.2, 0.25) is 0 Å². The Labute approximate surface area is 260 Å². The average molecular weight is 679 g/mol. The van der Waals surface area contributed by atoms with E-state index >= 15 is 0 Å². The Bertz CT molecular complexity index is 965. The van der Waals surface area contributed by atoms with Crippen LogP contribution in [0, 0.1) is 0 Å². The molecule has 21 heteroatoms. The second-order valence-corrected chi connectivity index (χ2v) is 11.7. The van der Waals surface area contributed by atoms with E-state index in [1.165, 1.54) is 0 Å². The van der Waals surface area contributed by atoms with Crippen LogP contribution in [0.5, 0.6) is 0 Å². The fourth-order valence-electron chi connectivity index (χ4n) is 5.60. The highest BCUT2D eigenvalue weighted by atomic mass is 16.8. The summed E-state index contributed by atoms with van der Waals surface area (Å²) in [6.45, 7) is -2.28. The summed E-state index contributed by atoms with van der Waals surface area (Å²) in [5, 5.41) is 120. The first kappa shape index (κ1) is 36.4. The van der Waals surface area contributed by atoms with Crippen LogP contribution in [-0.4, -0.2) is 217 Å². The molecule has 46 heavy (non-hydrogen) atoms. The second kappa shape index (κ2) is 15.4. The maximum absolute atomic E-state index is 10.4. The van der Waals surface area contributed by atoms with Crippen molar-refractivity contribution in [3.05, 3.63) is 0 Å². The third-order valence-electron chi connectivity index (χ3n) is 8.49. The first-order valence-electron chi connectivity index (χ1n) is 14.7. The molecular weight excluding hydrogens is 636 g/mol. The largest absolute Gasteiger partial charge is 0.394 e. The zero-order valence-electron chi connectivity index (χ0n) is 24.1. The zero-order valence-corrected chi connectivity index (χ0v) is 24.1. The van der Waals surface area contributed by atoms with Gasteiger partial charge >= 0.3 is 0 Å². The summed E-state index contributed by atoms with van der Waals surface area (Å²) in [5.41, 5.74) is 0. The van der Waals surface area contributed by atoms with Crippen molar-refractivity contribution in [3.63, 3.8) is 0 Å². The molecule has 0 amide bonds. The molecule has 20 atom stereocenters. The van der Waals surface area contributed by atoms with Crippen LogP contribution in [0.2, 0.25) is 0 Å². The molecule has 0 radical (unpaired) electrons. The number of hydrogen-bond acceptors (Lipinski definition) is 21. The van der Waals surface area contributed by atoms with Crippen LogP contribution >= 0.6 is 0 Å². The Hall–Kier alpha value is -0.840. The Balaban J connectivity index is 1.04. The van der Waals surface area contributed by atoms with Crippen LogP contribution in [0.25, 0.3) is 0 Å². The van der Waals surface area contributed by atoms with Crippen molar-refractivity contribution in [1.82, 2.24) is 0 Å². The molecule has 5 heterocycles. The molecule has 12 N–H and O–H groups in total. The van der Waals surface area contributed by atoms with Crippen LogP contribution in [0.4, 0.5) is 0 Å². The van der Waals surface area contributed by atoms with Crippen LogP contribution in [-0.2, 0) is 42.6 Å². The van der Waals surface area contributed by atoms with Crippen molar-refractivity contribution in [3.8, 4) is 0 Å². The lowest BCUT2D eigenvalue weighted by atomic mass is 10.1. The molecule has 0 unspecified atom stereocenters. The van der Waals surface area contributed by atoms with Crippen LogP contribution in [0.15, 0.2) is 0 Å². The third-order valence-corrected chi connectivity index (χ3v) is 8.49. The summed E-state index contributed by atoms with van der Waals surface area (Å²) < 4.78 is 48.1. The lowest BCUT2D eigenvalue weighted by Crippen LogP contribution is -2.39. The van der Waals surface area contributed by atoms with Gasteiger partial charge in [0.1, 0.15) is 91.6 Å². The van der Waals surface area contributed by atoms with Gasteiger partial charge in [-0.3, -0.25) is 0 Å². The van der Waals surface area contributed by atoms with Gasteiger partial charge < -0.3 is 104 Å². The van der Waals surface area contributed by atoms with Crippen molar-refractivity contribution in [2.24, 2.45) is 0 Å². The zero-order chi connectivity index (χ0) is 33.4. The molecule has 0 aromatic carbocycles. The van der Waals surface area contributed by atoms with E-state index in [9.17, 15) is 61.3 Å². The van der Waals surface area contributed by atoms with Gasteiger partial charge in [-0.1, -0.05) is 0 Å². The average Bonchev–Trinajstić information content (AvgIpc) is 3.74. The minimum absolute atomic E-state index is 0.403. The van der Waals surface area contributed by atoms with Crippen molar-refractivity contribution in [2.75, 3.05) is 33.0 Å². The molecule has 268 valence electrons. The van der Waals surface area contributed by atoms with Gasteiger partial charge in [-0.15, -0.1) is 0 Å². The molecule has 0 aromatic rings. The summed E-state index contributed by atoms with van der Waals surface area (Å²) in [6, 6.07) is 0. The lowest BCUT2D eigenvalue weighted by molar-refractivity contribution is -0.227. The van der Waals surface area contributed by atoms with E-state index < -0.39 is 156 Å². The predicted octanol–water partition coefficient (Wildman–Crippen LogP) is -8.73. The Kier molecular flexibility index (Phi) is 12.2. The van der Waals surface area contributed by atoms with E-state index in [0.717, 1.165) is 0 Å². The van der Waals surface area contributed by atoms with Crippen molar-refractivity contribution >= 4 is 0 Å². The number of aliphatic hydroxyl groups excluding tert-OH is 12. The standard InChI is InChI=1S/C25H42O21/c26-1-6-11(27)17(33)22(43-6)39-3-8-13(29)19(35)24(45-8)41-5-10-15(31)20(36)25(46-10)40-4-9-14(30)18(34)23(44-9)38-2-7-12(28)16(32)21(37)42-7/h6-37H,1-5H2/t6-,7-,8-,9-,10-,11-,12-,13-,14-,15-,16+,17+,18+,19+,20+,21+,22+,23+,24+,25+/m1/s1.